The van der Waals surface area contributed by atoms with Gasteiger partial charge in [0.15, 0.2) is 11.2 Å². The number of thiazole rings is 1. The molecule has 0 radical (unpaired) electrons. The van der Waals surface area contributed by atoms with Gasteiger partial charge in [-0.1, -0.05) is 18.2 Å². The third kappa shape index (κ3) is 2.09. The molecule has 1 atom stereocenters. The van der Waals surface area contributed by atoms with E-state index < -0.39 is 6.10 Å². The maximum atomic E-state index is 12.0. The number of ether oxygens (including phenoxy) is 1. The molecule has 0 saturated heterocycles. The van der Waals surface area contributed by atoms with E-state index in [1.807, 2.05) is 31.2 Å². The van der Waals surface area contributed by atoms with Crippen LogP contribution < -0.4 is 10.1 Å². The zero-order valence-corrected chi connectivity index (χ0v) is 10.7. The summed E-state index contributed by atoms with van der Waals surface area (Å²) in [5, 5.41) is 3.41. The van der Waals surface area contributed by atoms with Crippen LogP contribution in [0.5, 0.6) is 5.75 Å². The predicted octanol–water partition coefficient (Wildman–Crippen LogP) is 2.39. The fourth-order valence-electron chi connectivity index (χ4n) is 1.93. The molecule has 1 N–H and O–H groups in total. The minimum Gasteiger partial charge on any atom is -0.480 e. The smallest absolute Gasteiger partial charge is 0.267 e. The van der Waals surface area contributed by atoms with Crippen LogP contribution in [-0.4, -0.2) is 17.0 Å². The number of anilines is 1. The fourth-order valence-corrected chi connectivity index (χ4v) is 2.59. The first-order valence-electron chi connectivity index (χ1n) is 5.70. The number of para-hydroxylation sites is 1. The monoisotopic (exact) mass is 260 g/mol. The fraction of sp³-hybridized carbons (Fsp3) is 0.231. The number of fused-ring (bicyclic) bond motifs is 1. The van der Waals surface area contributed by atoms with Gasteiger partial charge in [0, 0.05) is 17.5 Å². The van der Waals surface area contributed by atoms with Crippen LogP contribution in [0.15, 0.2) is 30.5 Å². The normalized spacial score (nSPS) is 17.1. The van der Waals surface area contributed by atoms with Crippen molar-refractivity contribution < 1.29 is 9.53 Å². The van der Waals surface area contributed by atoms with Crippen molar-refractivity contribution in [2.24, 2.45) is 0 Å². The average molecular weight is 260 g/mol. The third-order valence-electron chi connectivity index (χ3n) is 2.79. The van der Waals surface area contributed by atoms with Crippen molar-refractivity contribution in [3.63, 3.8) is 0 Å². The van der Waals surface area contributed by atoms with Crippen LogP contribution in [0.1, 0.15) is 10.4 Å². The van der Waals surface area contributed by atoms with Gasteiger partial charge in [-0.05, 0) is 18.6 Å². The zero-order chi connectivity index (χ0) is 12.5. The summed E-state index contributed by atoms with van der Waals surface area (Å²) >= 11 is 1.46. The maximum absolute atomic E-state index is 12.0. The molecule has 1 aromatic heterocycles. The van der Waals surface area contributed by atoms with Crippen molar-refractivity contribution in [3.8, 4) is 5.75 Å². The summed E-state index contributed by atoms with van der Waals surface area (Å²) in [6.07, 6.45) is 1.91. The number of hydrogen-bond acceptors (Lipinski definition) is 4. The lowest BCUT2D eigenvalue weighted by atomic mass is 10.1. The van der Waals surface area contributed by atoms with E-state index in [9.17, 15) is 4.79 Å². The van der Waals surface area contributed by atoms with Gasteiger partial charge in [-0.2, -0.15) is 0 Å². The van der Waals surface area contributed by atoms with E-state index in [0.29, 0.717) is 11.6 Å². The summed E-state index contributed by atoms with van der Waals surface area (Å²) in [4.78, 5) is 17.2. The number of aryl methyl sites for hydroxylation is 1. The highest BCUT2D eigenvalue weighted by molar-refractivity contribution is 7.15. The largest absolute Gasteiger partial charge is 0.480 e. The van der Waals surface area contributed by atoms with E-state index in [2.05, 4.69) is 10.3 Å². The second-order valence-corrected chi connectivity index (χ2v) is 5.42. The maximum Gasteiger partial charge on any atom is 0.267 e. The number of hydrogen-bond donors (Lipinski definition) is 1. The summed E-state index contributed by atoms with van der Waals surface area (Å²) in [6, 6.07) is 7.72. The molecule has 0 bridgehead atoms. The van der Waals surface area contributed by atoms with Gasteiger partial charge in [0.1, 0.15) is 5.75 Å². The summed E-state index contributed by atoms with van der Waals surface area (Å²) in [5.74, 6) is 0.661. The Balaban J connectivity index is 1.69. The van der Waals surface area contributed by atoms with Crippen LogP contribution in [-0.2, 0) is 11.2 Å². The van der Waals surface area contributed by atoms with Crippen LogP contribution in [0.25, 0.3) is 0 Å². The number of rotatable bonds is 2. The van der Waals surface area contributed by atoms with Gasteiger partial charge >= 0.3 is 0 Å². The summed E-state index contributed by atoms with van der Waals surface area (Å²) < 4.78 is 5.61. The quantitative estimate of drug-likeness (QED) is 0.902. The lowest BCUT2D eigenvalue weighted by Crippen LogP contribution is -2.31. The van der Waals surface area contributed by atoms with Crippen molar-refractivity contribution in [1.82, 2.24) is 4.98 Å². The Morgan fingerprint density at radius 1 is 1.50 bits per heavy atom. The molecule has 0 saturated carbocycles. The summed E-state index contributed by atoms with van der Waals surface area (Å²) in [7, 11) is 0. The Kier molecular flexibility index (Phi) is 2.76. The lowest BCUT2D eigenvalue weighted by Gasteiger charge is -2.09. The molecule has 5 heteroatoms. The number of carbonyl (C=O) groups excluding carboxylic acids is 1. The number of carbonyl (C=O) groups is 1. The van der Waals surface area contributed by atoms with Gasteiger partial charge in [0.25, 0.3) is 5.91 Å². The highest BCUT2D eigenvalue weighted by atomic mass is 32.1. The molecule has 3 rings (SSSR count). The predicted molar refractivity (Wildman–Crippen MR) is 70.0 cm³/mol. The van der Waals surface area contributed by atoms with Gasteiger partial charge in [-0.3, -0.25) is 10.1 Å². The highest BCUT2D eigenvalue weighted by Crippen LogP contribution is 2.29. The topological polar surface area (TPSA) is 51.2 Å². The molecule has 4 nitrogen and oxygen atoms in total. The Bertz CT molecular complexity index is 569. The average Bonchev–Trinajstić information content (AvgIpc) is 2.95. The molecular weight excluding hydrogens is 248 g/mol. The van der Waals surface area contributed by atoms with E-state index in [-0.39, 0.29) is 5.91 Å². The number of nitrogens with zero attached hydrogens (tertiary/aromatic N) is 1. The third-order valence-corrected chi connectivity index (χ3v) is 3.62. The molecule has 1 aliphatic heterocycles. The van der Waals surface area contributed by atoms with Crippen molar-refractivity contribution in [2.75, 3.05) is 5.32 Å². The van der Waals surface area contributed by atoms with Gasteiger partial charge in [0.05, 0.1) is 0 Å². The van der Waals surface area contributed by atoms with Crippen molar-refractivity contribution in [2.45, 2.75) is 19.4 Å². The minimum absolute atomic E-state index is 0.138. The van der Waals surface area contributed by atoms with E-state index in [4.69, 9.17) is 4.74 Å². The second kappa shape index (κ2) is 4.42. The van der Waals surface area contributed by atoms with E-state index in [1.165, 1.54) is 11.3 Å². The molecule has 1 unspecified atom stereocenters. The highest BCUT2D eigenvalue weighted by Gasteiger charge is 2.29. The number of benzene rings is 1. The SMILES string of the molecule is Cc1cnc(NC(=O)C2Cc3ccccc3O2)s1. The van der Waals surface area contributed by atoms with Crippen LogP contribution in [0.2, 0.25) is 0 Å². The van der Waals surface area contributed by atoms with Gasteiger partial charge in [-0.15, -0.1) is 11.3 Å². The Morgan fingerprint density at radius 3 is 3.06 bits per heavy atom. The van der Waals surface area contributed by atoms with Crippen LogP contribution >= 0.6 is 11.3 Å². The molecule has 0 aliphatic carbocycles. The molecule has 2 heterocycles. The first-order chi connectivity index (χ1) is 8.72. The summed E-state index contributed by atoms with van der Waals surface area (Å²) in [6.45, 7) is 1.95. The first kappa shape index (κ1) is 11.2. The molecular formula is C13H12N2O2S. The molecule has 1 aliphatic rings. The number of aromatic nitrogens is 1. The lowest BCUT2D eigenvalue weighted by molar-refractivity contribution is -0.122. The molecule has 0 fully saturated rings. The van der Waals surface area contributed by atoms with Gasteiger partial charge in [0.2, 0.25) is 0 Å². The number of amides is 1. The molecule has 0 spiro atoms. The second-order valence-electron chi connectivity index (χ2n) is 4.18. The summed E-state index contributed by atoms with van der Waals surface area (Å²) in [5.41, 5.74) is 1.08. The first-order valence-corrected chi connectivity index (χ1v) is 6.52. The van der Waals surface area contributed by atoms with Crippen molar-refractivity contribution in [3.05, 3.63) is 40.9 Å². The molecule has 1 amide bonds. The molecule has 18 heavy (non-hydrogen) atoms. The molecule has 92 valence electrons. The zero-order valence-electron chi connectivity index (χ0n) is 9.84. The Morgan fingerprint density at radius 2 is 2.33 bits per heavy atom. The Hall–Kier alpha value is -1.88. The van der Waals surface area contributed by atoms with Gasteiger partial charge in [-0.25, -0.2) is 4.98 Å². The van der Waals surface area contributed by atoms with Crippen molar-refractivity contribution in [1.29, 1.82) is 0 Å². The Labute approximate surface area is 109 Å². The van der Waals surface area contributed by atoms with Crippen LogP contribution in [0.3, 0.4) is 0 Å². The molecule has 2 aromatic rings. The van der Waals surface area contributed by atoms with Crippen molar-refractivity contribution >= 4 is 22.4 Å². The van der Waals surface area contributed by atoms with Gasteiger partial charge < -0.3 is 4.74 Å². The minimum atomic E-state index is -0.452. The number of nitrogens with one attached hydrogen (secondary N) is 1. The van der Waals surface area contributed by atoms with Crippen LogP contribution in [0, 0.1) is 6.92 Å². The van der Waals surface area contributed by atoms with E-state index >= 15 is 0 Å². The van der Waals surface area contributed by atoms with E-state index in [0.717, 1.165) is 16.2 Å². The standard InChI is InChI=1S/C13H12N2O2S/c1-8-7-14-13(18-8)15-12(16)11-6-9-4-2-3-5-10(9)17-11/h2-5,7,11H,6H2,1H3,(H,14,15,16). The van der Waals surface area contributed by atoms with E-state index in [1.54, 1.807) is 6.20 Å². The van der Waals surface area contributed by atoms with Crippen LogP contribution in [0.4, 0.5) is 5.13 Å². The molecule has 1 aromatic carbocycles.